The predicted molar refractivity (Wildman–Crippen MR) is 93.1 cm³/mol. The van der Waals surface area contributed by atoms with Crippen LogP contribution in [0.15, 0.2) is 36.7 Å². The Morgan fingerprint density at radius 2 is 2.05 bits per heavy atom. The van der Waals surface area contributed by atoms with Gasteiger partial charge in [0.1, 0.15) is 0 Å². The van der Waals surface area contributed by atoms with Crippen molar-refractivity contribution in [2.75, 3.05) is 11.3 Å². The van der Waals surface area contributed by atoms with Gasteiger partial charge in [-0.3, -0.25) is 4.72 Å². The maximum atomic E-state index is 12.4. The van der Waals surface area contributed by atoms with Crippen LogP contribution in [0.4, 0.5) is 5.69 Å². The van der Waals surface area contributed by atoms with E-state index in [-0.39, 0.29) is 9.90 Å². The summed E-state index contributed by atoms with van der Waals surface area (Å²) in [5.41, 5.74) is 0.288. The summed E-state index contributed by atoms with van der Waals surface area (Å²) in [4.78, 5) is 0. The molecule has 2 rings (SSSR count). The normalized spacial score (nSPS) is 11.4. The molecule has 9 heteroatoms. The molecule has 2 aromatic rings. The monoisotopic (exact) mass is 473 g/mol. The minimum atomic E-state index is -3.71. The highest BCUT2D eigenvalue weighted by atomic mass is 79.9. The van der Waals surface area contributed by atoms with Crippen LogP contribution in [0, 0.1) is 0 Å². The molecule has 0 saturated carbocycles. The molecule has 0 fully saturated rings. The van der Waals surface area contributed by atoms with E-state index < -0.39 is 10.0 Å². The number of ether oxygens (including phenoxy) is 1. The molecule has 21 heavy (non-hydrogen) atoms. The maximum absolute atomic E-state index is 12.4. The lowest BCUT2D eigenvalue weighted by atomic mass is 10.3. The van der Waals surface area contributed by atoms with Gasteiger partial charge in [0.05, 0.1) is 16.8 Å². The molecule has 0 aliphatic heterocycles. The fraction of sp³-hybridized carbons (Fsp3) is 0.167. The standard InChI is InChI=1S/C12H10Br2ClNO3S2/c1-2-19-11-9(14)5-7(15)6-10(11)16-21(17,18)12-8(13)3-4-20-12/h3-6,16H,2H2,1H3. The fourth-order valence-corrected chi connectivity index (χ4v) is 5.91. The van der Waals surface area contributed by atoms with Crippen LogP contribution in [0.25, 0.3) is 0 Å². The van der Waals surface area contributed by atoms with Crippen molar-refractivity contribution in [3.05, 3.63) is 37.5 Å². The van der Waals surface area contributed by atoms with Gasteiger partial charge in [-0.1, -0.05) is 11.6 Å². The van der Waals surface area contributed by atoms with Gasteiger partial charge < -0.3 is 4.74 Å². The number of benzene rings is 1. The van der Waals surface area contributed by atoms with Crippen LogP contribution in [-0.4, -0.2) is 15.0 Å². The summed E-state index contributed by atoms with van der Waals surface area (Å²) in [6, 6.07) is 4.83. The van der Waals surface area contributed by atoms with Crippen LogP contribution in [0.1, 0.15) is 6.92 Å². The molecule has 1 aromatic heterocycles. The van der Waals surface area contributed by atoms with Gasteiger partial charge in [-0.15, -0.1) is 11.3 Å². The minimum absolute atomic E-state index is 0.195. The Morgan fingerprint density at radius 3 is 2.62 bits per heavy atom. The highest BCUT2D eigenvalue weighted by Crippen LogP contribution is 2.38. The summed E-state index contributed by atoms with van der Waals surface area (Å²) in [6.45, 7) is 2.22. The first-order chi connectivity index (χ1) is 9.85. The van der Waals surface area contributed by atoms with E-state index in [1.54, 1.807) is 17.5 Å². The van der Waals surface area contributed by atoms with E-state index in [1.165, 1.54) is 6.07 Å². The van der Waals surface area contributed by atoms with Crippen molar-refractivity contribution in [3.63, 3.8) is 0 Å². The van der Waals surface area contributed by atoms with Crippen molar-refractivity contribution < 1.29 is 13.2 Å². The molecular weight excluding hydrogens is 466 g/mol. The fourth-order valence-electron chi connectivity index (χ4n) is 1.59. The van der Waals surface area contributed by atoms with E-state index >= 15 is 0 Å². The second-order valence-corrected chi connectivity index (χ2v) is 8.80. The van der Waals surface area contributed by atoms with Gasteiger partial charge in [0.15, 0.2) is 9.96 Å². The average Bonchev–Trinajstić information content (AvgIpc) is 2.80. The number of anilines is 1. The first-order valence-corrected chi connectivity index (χ1v) is 10.1. The van der Waals surface area contributed by atoms with Gasteiger partial charge in [0.25, 0.3) is 10.0 Å². The molecule has 4 nitrogen and oxygen atoms in total. The van der Waals surface area contributed by atoms with Crippen LogP contribution in [-0.2, 0) is 10.0 Å². The van der Waals surface area contributed by atoms with Crippen molar-refractivity contribution in [2.24, 2.45) is 0 Å². The Morgan fingerprint density at radius 1 is 1.33 bits per heavy atom. The van der Waals surface area contributed by atoms with Crippen molar-refractivity contribution in [1.29, 1.82) is 0 Å². The zero-order valence-corrected chi connectivity index (χ0v) is 16.3. The SMILES string of the molecule is CCOc1c(Br)cc(Cl)cc1NS(=O)(=O)c1sccc1Br. The van der Waals surface area contributed by atoms with Crippen molar-refractivity contribution in [2.45, 2.75) is 11.1 Å². The first-order valence-electron chi connectivity index (χ1n) is 5.72. The number of halogens is 3. The summed E-state index contributed by atoms with van der Waals surface area (Å²) < 4.78 is 34.1. The van der Waals surface area contributed by atoms with E-state index in [2.05, 4.69) is 36.6 Å². The molecule has 0 radical (unpaired) electrons. The van der Waals surface area contributed by atoms with Gasteiger partial charge >= 0.3 is 0 Å². The molecular formula is C12H10Br2ClNO3S2. The Hall–Kier alpha value is -0.280. The molecule has 0 unspecified atom stereocenters. The van der Waals surface area contributed by atoms with Gasteiger partial charge in [-0.2, -0.15) is 0 Å². The lowest BCUT2D eigenvalue weighted by molar-refractivity contribution is 0.340. The highest BCUT2D eigenvalue weighted by molar-refractivity contribution is 9.10. The second-order valence-electron chi connectivity index (χ2n) is 3.86. The second kappa shape index (κ2) is 6.87. The van der Waals surface area contributed by atoms with Crippen molar-refractivity contribution in [1.82, 2.24) is 0 Å². The zero-order valence-electron chi connectivity index (χ0n) is 10.7. The average molecular weight is 476 g/mol. The molecule has 1 aromatic carbocycles. The summed E-state index contributed by atoms with van der Waals surface area (Å²) in [5, 5.41) is 2.09. The van der Waals surface area contributed by atoms with E-state index in [4.69, 9.17) is 16.3 Å². The van der Waals surface area contributed by atoms with E-state index in [0.29, 0.717) is 26.3 Å². The lowest BCUT2D eigenvalue weighted by Gasteiger charge is -2.14. The summed E-state index contributed by atoms with van der Waals surface area (Å²) in [5.74, 6) is 0.401. The Kier molecular flexibility index (Phi) is 5.59. The third-order valence-corrected chi connectivity index (χ3v) is 7.21. The molecule has 1 heterocycles. The van der Waals surface area contributed by atoms with Crippen molar-refractivity contribution >= 4 is 70.5 Å². The van der Waals surface area contributed by atoms with Crippen LogP contribution in [0.2, 0.25) is 5.02 Å². The predicted octanol–water partition coefficient (Wildman–Crippen LogP) is 5.13. The molecule has 0 bridgehead atoms. The molecule has 0 amide bonds. The number of hydrogen-bond donors (Lipinski definition) is 1. The molecule has 0 aliphatic rings. The summed E-state index contributed by atoms with van der Waals surface area (Å²) in [6.07, 6.45) is 0. The van der Waals surface area contributed by atoms with Gasteiger partial charge in [0, 0.05) is 9.50 Å². The molecule has 0 saturated heterocycles. The number of hydrogen-bond acceptors (Lipinski definition) is 4. The summed E-state index contributed by atoms with van der Waals surface area (Å²) >= 11 is 13.6. The minimum Gasteiger partial charge on any atom is -0.490 e. The molecule has 0 spiro atoms. The number of sulfonamides is 1. The van der Waals surface area contributed by atoms with Crippen LogP contribution in [0.5, 0.6) is 5.75 Å². The highest BCUT2D eigenvalue weighted by Gasteiger charge is 2.22. The number of thiophene rings is 1. The zero-order chi connectivity index (χ0) is 15.6. The molecule has 0 atom stereocenters. The number of nitrogens with one attached hydrogen (secondary N) is 1. The third kappa shape index (κ3) is 3.92. The van der Waals surface area contributed by atoms with E-state index in [0.717, 1.165) is 11.3 Å². The smallest absolute Gasteiger partial charge is 0.272 e. The van der Waals surface area contributed by atoms with Gasteiger partial charge in [-0.25, -0.2) is 8.42 Å². The molecule has 1 N–H and O–H groups in total. The Labute approximate surface area is 148 Å². The van der Waals surface area contributed by atoms with Crippen LogP contribution < -0.4 is 9.46 Å². The van der Waals surface area contributed by atoms with E-state index in [9.17, 15) is 8.42 Å². The van der Waals surface area contributed by atoms with E-state index in [1.807, 2.05) is 6.92 Å². The maximum Gasteiger partial charge on any atom is 0.272 e. The Bertz CT molecular complexity index is 762. The van der Waals surface area contributed by atoms with Crippen LogP contribution >= 0.6 is 54.8 Å². The lowest BCUT2D eigenvalue weighted by Crippen LogP contribution is -2.13. The van der Waals surface area contributed by atoms with Crippen molar-refractivity contribution in [3.8, 4) is 5.75 Å². The van der Waals surface area contributed by atoms with Gasteiger partial charge in [-0.05, 0) is 62.4 Å². The summed E-state index contributed by atoms with van der Waals surface area (Å²) in [7, 11) is -3.71. The largest absolute Gasteiger partial charge is 0.490 e. The third-order valence-electron chi connectivity index (χ3n) is 2.37. The number of rotatable bonds is 5. The topological polar surface area (TPSA) is 55.4 Å². The molecule has 0 aliphatic carbocycles. The van der Waals surface area contributed by atoms with Gasteiger partial charge in [0.2, 0.25) is 0 Å². The van der Waals surface area contributed by atoms with Crippen LogP contribution in [0.3, 0.4) is 0 Å². The Balaban J connectivity index is 2.46. The first kappa shape index (κ1) is 17.1. The quantitative estimate of drug-likeness (QED) is 0.653. The molecule has 114 valence electrons.